The molecular weight excluding hydrogens is 304 g/mol. The summed E-state index contributed by atoms with van der Waals surface area (Å²) < 4.78 is 26.8. The highest BCUT2D eigenvalue weighted by Gasteiger charge is 2.21. The van der Waals surface area contributed by atoms with Crippen molar-refractivity contribution in [3.8, 4) is 0 Å². The van der Waals surface area contributed by atoms with Crippen molar-refractivity contribution in [2.24, 2.45) is 0 Å². The van der Waals surface area contributed by atoms with E-state index in [1.54, 1.807) is 0 Å². The summed E-state index contributed by atoms with van der Waals surface area (Å²) >= 11 is 5.79. The van der Waals surface area contributed by atoms with Crippen LogP contribution < -0.4 is 4.72 Å². The highest BCUT2D eigenvalue weighted by atomic mass is 35.5. The van der Waals surface area contributed by atoms with Gasteiger partial charge in [0, 0.05) is 18.1 Å². The fourth-order valence-electron chi connectivity index (χ4n) is 1.64. The fourth-order valence-corrected chi connectivity index (χ4v) is 3.23. The number of sulfonamides is 1. The Balaban J connectivity index is 3.15. The molecule has 0 bridgehead atoms. The molecule has 0 aliphatic heterocycles. The molecule has 112 valence electrons. The molecule has 0 saturated carbocycles. The summed E-state index contributed by atoms with van der Waals surface area (Å²) in [5.74, 6) is -1.21. The molecule has 1 rings (SSSR count). The van der Waals surface area contributed by atoms with E-state index in [9.17, 15) is 13.2 Å². The number of likely N-dealkylation sites (N-methyl/N-ethyl adjacent to an activating group) is 1. The molecular formula is C12H17ClN2O4S. The Labute approximate surface area is 123 Å². The minimum absolute atomic E-state index is 0.0704. The summed E-state index contributed by atoms with van der Waals surface area (Å²) in [7, 11) is -0.148. The van der Waals surface area contributed by atoms with Gasteiger partial charge in [0.25, 0.3) is 0 Å². The molecule has 0 aliphatic rings. The topological polar surface area (TPSA) is 86.7 Å². The number of carboxylic acid groups (broad SMARTS) is 1. The third-order valence-corrected chi connectivity index (χ3v) is 4.50. The average molecular weight is 321 g/mol. The quantitative estimate of drug-likeness (QED) is 0.822. The van der Waals surface area contributed by atoms with Gasteiger partial charge in [0.2, 0.25) is 10.0 Å². The van der Waals surface area contributed by atoms with Crippen molar-refractivity contribution in [1.82, 2.24) is 9.62 Å². The Morgan fingerprint density at radius 1 is 1.40 bits per heavy atom. The Kier molecular flexibility index (Phi) is 5.52. The van der Waals surface area contributed by atoms with Crippen molar-refractivity contribution in [3.63, 3.8) is 0 Å². The summed E-state index contributed by atoms with van der Waals surface area (Å²) in [5.41, 5.74) is 0.0461. The van der Waals surface area contributed by atoms with Crippen molar-refractivity contribution in [2.75, 3.05) is 27.2 Å². The standard InChI is InChI=1S/C12H17ClN2O4S/c1-8-10(12(16)17)6-9(13)7-11(8)20(18,19)14-4-5-15(2)3/h6-7,14H,4-5H2,1-3H3,(H,16,17). The summed E-state index contributed by atoms with van der Waals surface area (Å²) in [5, 5.41) is 9.12. The maximum atomic E-state index is 12.2. The lowest BCUT2D eigenvalue weighted by atomic mass is 10.1. The molecule has 0 radical (unpaired) electrons. The molecule has 0 aliphatic carbocycles. The van der Waals surface area contributed by atoms with Crippen LogP contribution in [0.15, 0.2) is 17.0 Å². The minimum atomic E-state index is -3.79. The van der Waals surface area contributed by atoms with Crippen LogP contribution in [0, 0.1) is 6.92 Å². The molecule has 6 nitrogen and oxygen atoms in total. The van der Waals surface area contributed by atoms with Gasteiger partial charge in [-0.2, -0.15) is 0 Å². The van der Waals surface area contributed by atoms with Crippen molar-refractivity contribution < 1.29 is 18.3 Å². The number of carbonyl (C=O) groups is 1. The zero-order chi connectivity index (χ0) is 15.5. The average Bonchev–Trinajstić information content (AvgIpc) is 2.30. The third-order valence-electron chi connectivity index (χ3n) is 2.70. The summed E-state index contributed by atoms with van der Waals surface area (Å²) in [6.45, 7) is 2.20. The van der Waals surface area contributed by atoms with Crippen molar-refractivity contribution in [3.05, 3.63) is 28.3 Å². The zero-order valence-electron chi connectivity index (χ0n) is 11.5. The van der Waals surface area contributed by atoms with Crippen LogP contribution in [0.1, 0.15) is 15.9 Å². The first-order valence-corrected chi connectivity index (χ1v) is 7.69. The first-order chi connectivity index (χ1) is 9.15. The van der Waals surface area contributed by atoms with Gasteiger partial charge in [-0.3, -0.25) is 0 Å². The van der Waals surface area contributed by atoms with E-state index < -0.39 is 16.0 Å². The van der Waals surface area contributed by atoms with E-state index in [4.69, 9.17) is 16.7 Å². The Hall–Kier alpha value is -1.15. The first kappa shape index (κ1) is 16.9. The molecule has 1 aromatic rings. The Bertz CT molecular complexity index is 614. The highest BCUT2D eigenvalue weighted by molar-refractivity contribution is 7.89. The van der Waals surface area contributed by atoms with Gasteiger partial charge in [-0.25, -0.2) is 17.9 Å². The van der Waals surface area contributed by atoms with Crippen LogP contribution >= 0.6 is 11.6 Å². The lowest BCUT2D eigenvalue weighted by Gasteiger charge is -2.13. The van der Waals surface area contributed by atoms with Crippen LogP contribution in [0.2, 0.25) is 5.02 Å². The molecule has 1 aromatic carbocycles. The number of benzene rings is 1. The summed E-state index contributed by atoms with van der Waals surface area (Å²) in [6, 6.07) is 2.49. The zero-order valence-corrected chi connectivity index (χ0v) is 13.0. The Morgan fingerprint density at radius 3 is 2.50 bits per heavy atom. The number of aromatic carboxylic acids is 1. The first-order valence-electron chi connectivity index (χ1n) is 5.83. The maximum absolute atomic E-state index is 12.2. The predicted molar refractivity (Wildman–Crippen MR) is 76.9 cm³/mol. The minimum Gasteiger partial charge on any atom is -0.478 e. The molecule has 0 spiro atoms. The number of carboxylic acids is 1. The molecule has 0 saturated heterocycles. The summed E-state index contributed by atoms with van der Waals surface area (Å²) in [6.07, 6.45) is 0. The molecule has 0 atom stereocenters. The van der Waals surface area contributed by atoms with E-state index in [0.29, 0.717) is 6.54 Å². The fraction of sp³-hybridized carbons (Fsp3) is 0.417. The second-order valence-electron chi connectivity index (χ2n) is 4.58. The number of nitrogens with zero attached hydrogens (tertiary/aromatic N) is 1. The van der Waals surface area contributed by atoms with Crippen LogP contribution in [-0.4, -0.2) is 51.6 Å². The smallest absolute Gasteiger partial charge is 0.336 e. The number of halogens is 1. The molecule has 0 amide bonds. The van der Waals surface area contributed by atoms with E-state index in [0.717, 1.165) is 0 Å². The molecule has 2 N–H and O–H groups in total. The molecule has 8 heteroatoms. The molecule has 20 heavy (non-hydrogen) atoms. The van der Waals surface area contributed by atoms with Crippen LogP contribution in [0.4, 0.5) is 0 Å². The lowest BCUT2D eigenvalue weighted by molar-refractivity contribution is 0.0696. The number of hydrogen-bond donors (Lipinski definition) is 2. The van der Waals surface area contributed by atoms with E-state index >= 15 is 0 Å². The van der Waals surface area contributed by atoms with Gasteiger partial charge < -0.3 is 10.0 Å². The number of rotatable bonds is 6. The van der Waals surface area contributed by atoms with Gasteiger partial charge >= 0.3 is 5.97 Å². The number of nitrogens with one attached hydrogen (secondary N) is 1. The van der Waals surface area contributed by atoms with Crippen LogP contribution in [0.3, 0.4) is 0 Å². The SMILES string of the molecule is Cc1c(C(=O)O)cc(Cl)cc1S(=O)(=O)NCCN(C)C. The van der Waals surface area contributed by atoms with E-state index in [2.05, 4.69) is 4.72 Å². The van der Waals surface area contributed by atoms with Crippen molar-refractivity contribution >= 4 is 27.6 Å². The maximum Gasteiger partial charge on any atom is 0.336 e. The molecule has 0 heterocycles. The van der Waals surface area contributed by atoms with E-state index in [-0.39, 0.29) is 27.6 Å². The lowest BCUT2D eigenvalue weighted by Crippen LogP contribution is -2.32. The summed E-state index contributed by atoms with van der Waals surface area (Å²) in [4.78, 5) is 12.8. The van der Waals surface area contributed by atoms with Crippen LogP contribution in [-0.2, 0) is 10.0 Å². The van der Waals surface area contributed by atoms with Crippen LogP contribution in [0.5, 0.6) is 0 Å². The predicted octanol–water partition coefficient (Wildman–Crippen LogP) is 1.19. The highest BCUT2D eigenvalue weighted by Crippen LogP contribution is 2.24. The molecule has 0 fully saturated rings. The monoisotopic (exact) mass is 320 g/mol. The van der Waals surface area contributed by atoms with Crippen molar-refractivity contribution in [2.45, 2.75) is 11.8 Å². The second-order valence-corrected chi connectivity index (χ2v) is 6.75. The normalized spacial score (nSPS) is 11.8. The van der Waals surface area contributed by atoms with E-state index in [1.165, 1.54) is 19.1 Å². The largest absolute Gasteiger partial charge is 0.478 e. The van der Waals surface area contributed by atoms with Crippen molar-refractivity contribution in [1.29, 1.82) is 0 Å². The Morgan fingerprint density at radius 2 is 2.00 bits per heavy atom. The van der Waals surface area contributed by atoms with Crippen LogP contribution in [0.25, 0.3) is 0 Å². The van der Waals surface area contributed by atoms with E-state index in [1.807, 2.05) is 19.0 Å². The van der Waals surface area contributed by atoms with Gasteiger partial charge in [0.15, 0.2) is 0 Å². The third kappa shape index (κ3) is 4.17. The van der Waals surface area contributed by atoms with Gasteiger partial charge in [0.05, 0.1) is 10.5 Å². The van der Waals surface area contributed by atoms with Gasteiger partial charge in [-0.05, 0) is 38.7 Å². The number of hydrogen-bond acceptors (Lipinski definition) is 4. The molecule has 0 aromatic heterocycles. The van der Waals surface area contributed by atoms with Gasteiger partial charge in [-0.1, -0.05) is 11.6 Å². The molecule has 0 unspecified atom stereocenters. The van der Waals surface area contributed by atoms with Gasteiger partial charge in [0.1, 0.15) is 0 Å². The second kappa shape index (κ2) is 6.53. The van der Waals surface area contributed by atoms with Gasteiger partial charge in [-0.15, -0.1) is 0 Å².